The van der Waals surface area contributed by atoms with Gasteiger partial charge in [-0.1, -0.05) is 39.8 Å². The molecule has 0 unspecified atom stereocenters. The minimum absolute atomic E-state index is 0.0930. The number of carbonyl (C=O) groups excluding carboxylic acids is 1. The molecule has 7 heteroatoms. The molecule has 0 spiro atoms. The average Bonchev–Trinajstić information content (AvgIpc) is 2.44. The Morgan fingerprint density at radius 3 is 2.26 bits per heavy atom. The zero-order valence-corrected chi connectivity index (χ0v) is 14.7. The van der Waals surface area contributed by atoms with Gasteiger partial charge in [0.25, 0.3) is 0 Å². The summed E-state index contributed by atoms with van der Waals surface area (Å²) < 4.78 is 26.1. The summed E-state index contributed by atoms with van der Waals surface area (Å²) in [6, 6.07) is 7.63. The monoisotopic (exact) mass is 337 g/mol. The molecule has 0 fully saturated rings. The normalized spacial score (nSPS) is 13.2. The summed E-state index contributed by atoms with van der Waals surface area (Å²) in [5.41, 5.74) is 0.331. The van der Waals surface area contributed by atoms with Gasteiger partial charge in [0.1, 0.15) is 6.04 Å². The molecule has 0 bridgehead atoms. The lowest BCUT2D eigenvalue weighted by atomic mass is 9.87. The third kappa shape index (κ3) is 5.66. The Morgan fingerprint density at radius 2 is 1.83 bits per heavy atom. The molecular weight excluding hydrogens is 314 g/mol. The van der Waals surface area contributed by atoms with Crippen molar-refractivity contribution in [3.8, 4) is 6.07 Å². The van der Waals surface area contributed by atoms with Gasteiger partial charge in [0, 0.05) is 6.54 Å². The number of nitrogens with one attached hydrogen (secondary N) is 2. The van der Waals surface area contributed by atoms with Crippen LogP contribution in [0.25, 0.3) is 0 Å². The SMILES string of the molecule is CCNS(=O)(=O)c1ccc(CC(=O)N[C@@H](C#N)C(C)(C)C)cc1. The number of amides is 1. The van der Waals surface area contributed by atoms with Crippen molar-refractivity contribution in [1.29, 1.82) is 5.26 Å². The number of benzene rings is 1. The Morgan fingerprint density at radius 1 is 1.26 bits per heavy atom. The van der Waals surface area contributed by atoms with Crippen molar-refractivity contribution in [1.82, 2.24) is 10.0 Å². The molecule has 0 saturated heterocycles. The van der Waals surface area contributed by atoms with E-state index in [0.29, 0.717) is 12.1 Å². The number of sulfonamides is 1. The van der Waals surface area contributed by atoms with Crippen LogP contribution in [-0.2, 0) is 21.2 Å². The summed E-state index contributed by atoms with van der Waals surface area (Å²) in [6.45, 7) is 7.65. The molecule has 1 aromatic carbocycles. The first-order valence-electron chi connectivity index (χ1n) is 7.37. The first-order chi connectivity index (χ1) is 10.6. The van der Waals surface area contributed by atoms with E-state index in [9.17, 15) is 13.2 Å². The van der Waals surface area contributed by atoms with E-state index in [2.05, 4.69) is 16.1 Å². The molecule has 0 heterocycles. The molecule has 0 radical (unpaired) electrons. The molecule has 0 aliphatic heterocycles. The molecule has 0 saturated carbocycles. The number of hydrogen-bond acceptors (Lipinski definition) is 4. The lowest BCUT2D eigenvalue weighted by Crippen LogP contribution is -2.43. The van der Waals surface area contributed by atoms with E-state index in [1.165, 1.54) is 12.1 Å². The van der Waals surface area contributed by atoms with Crippen LogP contribution in [0.5, 0.6) is 0 Å². The van der Waals surface area contributed by atoms with E-state index in [4.69, 9.17) is 5.26 Å². The maximum atomic E-state index is 12.0. The molecule has 126 valence electrons. The van der Waals surface area contributed by atoms with Crippen molar-refractivity contribution in [2.24, 2.45) is 5.41 Å². The summed E-state index contributed by atoms with van der Waals surface area (Å²) in [5, 5.41) is 11.8. The summed E-state index contributed by atoms with van der Waals surface area (Å²) in [6.07, 6.45) is 0.0930. The van der Waals surface area contributed by atoms with Gasteiger partial charge < -0.3 is 5.32 Å². The first-order valence-corrected chi connectivity index (χ1v) is 8.86. The fourth-order valence-electron chi connectivity index (χ4n) is 1.90. The minimum atomic E-state index is -3.49. The smallest absolute Gasteiger partial charge is 0.240 e. The molecule has 2 N–H and O–H groups in total. The van der Waals surface area contributed by atoms with E-state index in [0.717, 1.165) is 0 Å². The van der Waals surface area contributed by atoms with Gasteiger partial charge in [-0.2, -0.15) is 5.26 Å². The van der Waals surface area contributed by atoms with Gasteiger partial charge >= 0.3 is 0 Å². The van der Waals surface area contributed by atoms with Crippen molar-refractivity contribution in [3.63, 3.8) is 0 Å². The quantitative estimate of drug-likeness (QED) is 0.823. The number of nitriles is 1. The van der Waals surface area contributed by atoms with Crippen molar-refractivity contribution in [3.05, 3.63) is 29.8 Å². The molecule has 1 aromatic rings. The average molecular weight is 337 g/mol. The Kier molecular flexibility index (Phi) is 6.30. The summed E-state index contributed by atoms with van der Waals surface area (Å²) in [5.74, 6) is -0.270. The molecular formula is C16H23N3O3S. The third-order valence-electron chi connectivity index (χ3n) is 3.23. The number of rotatable bonds is 6. The number of nitrogens with zero attached hydrogens (tertiary/aromatic N) is 1. The summed E-state index contributed by atoms with van der Waals surface area (Å²) in [7, 11) is -3.49. The molecule has 1 amide bonds. The van der Waals surface area contributed by atoms with E-state index in [1.807, 2.05) is 20.8 Å². The predicted molar refractivity (Wildman–Crippen MR) is 88.0 cm³/mol. The lowest BCUT2D eigenvalue weighted by molar-refractivity contribution is -0.121. The van der Waals surface area contributed by atoms with Crippen LogP contribution in [0.15, 0.2) is 29.2 Å². The van der Waals surface area contributed by atoms with Gasteiger partial charge in [0.05, 0.1) is 17.4 Å². The van der Waals surface area contributed by atoms with Crippen LogP contribution in [0.1, 0.15) is 33.3 Å². The van der Waals surface area contributed by atoms with E-state index in [1.54, 1.807) is 19.1 Å². The Bertz CT molecular complexity index is 683. The zero-order chi connectivity index (χ0) is 17.7. The van der Waals surface area contributed by atoms with Crippen LogP contribution in [0.3, 0.4) is 0 Å². The van der Waals surface area contributed by atoms with Gasteiger partial charge in [-0.15, -0.1) is 0 Å². The van der Waals surface area contributed by atoms with Crippen LogP contribution in [0.2, 0.25) is 0 Å². The summed E-state index contributed by atoms with van der Waals surface area (Å²) in [4.78, 5) is 12.2. The van der Waals surface area contributed by atoms with Gasteiger partial charge in [-0.3, -0.25) is 4.79 Å². The maximum Gasteiger partial charge on any atom is 0.240 e. The van der Waals surface area contributed by atoms with Crippen LogP contribution >= 0.6 is 0 Å². The van der Waals surface area contributed by atoms with Crippen LogP contribution < -0.4 is 10.0 Å². The second-order valence-electron chi connectivity index (χ2n) is 6.32. The van der Waals surface area contributed by atoms with Crippen molar-refractivity contribution < 1.29 is 13.2 Å². The molecule has 6 nitrogen and oxygen atoms in total. The Labute approximate surface area is 137 Å². The largest absolute Gasteiger partial charge is 0.340 e. The highest BCUT2D eigenvalue weighted by Gasteiger charge is 2.25. The lowest BCUT2D eigenvalue weighted by Gasteiger charge is -2.25. The minimum Gasteiger partial charge on any atom is -0.340 e. The maximum absolute atomic E-state index is 12.0. The molecule has 1 rings (SSSR count). The van der Waals surface area contributed by atoms with Crippen molar-refractivity contribution in [2.45, 2.75) is 45.1 Å². The highest BCUT2D eigenvalue weighted by molar-refractivity contribution is 7.89. The van der Waals surface area contributed by atoms with E-state index in [-0.39, 0.29) is 22.6 Å². The fraction of sp³-hybridized carbons (Fsp3) is 0.500. The van der Waals surface area contributed by atoms with Gasteiger partial charge in [0.2, 0.25) is 15.9 Å². The third-order valence-corrected chi connectivity index (χ3v) is 4.79. The standard InChI is InChI=1S/C16H23N3O3S/c1-5-18-23(21,22)13-8-6-12(7-9-13)10-15(20)19-14(11-17)16(2,3)4/h6-9,14,18H,5,10H2,1-4H3,(H,19,20)/t14-/m0/s1. The molecule has 0 aliphatic carbocycles. The van der Waals surface area contributed by atoms with Crippen LogP contribution in [-0.4, -0.2) is 26.9 Å². The van der Waals surface area contributed by atoms with Gasteiger partial charge in [0.15, 0.2) is 0 Å². The van der Waals surface area contributed by atoms with Crippen molar-refractivity contribution in [2.75, 3.05) is 6.54 Å². The van der Waals surface area contributed by atoms with E-state index >= 15 is 0 Å². The molecule has 1 atom stereocenters. The highest BCUT2D eigenvalue weighted by atomic mass is 32.2. The molecule has 0 aromatic heterocycles. The predicted octanol–water partition coefficient (Wildman–Crippen LogP) is 1.58. The van der Waals surface area contributed by atoms with Gasteiger partial charge in [-0.05, 0) is 23.1 Å². The first kappa shape index (κ1) is 19.1. The second kappa shape index (κ2) is 7.57. The second-order valence-corrected chi connectivity index (χ2v) is 8.08. The number of hydrogen-bond donors (Lipinski definition) is 2. The Balaban J connectivity index is 2.76. The van der Waals surface area contributed by atoms with Crippen molar-refractivity contribution >= 4 is 15.9 Å². The Hall–Kier alpha value is -1.91. The highest BCUT2D eigenvalue weighted by Crippen LogP contribution is 2.18. The van der Waals surface area contributed by atoms with Gasteiger partial charge in [-0.25, -0.2) is 13.1 Å². The zero-order valence-electron chi connectivity index (χ0n) is 13.9. The number of carbonyl (C=O) groups is 1. The molecule has 0 aliphatic rings. The topological polar surface area (TPSA) is 99.1 Å². The summed E-state index contributed by atoms with van der Waals surface area (Å²) >= 11 is 0. The van der Waals surface area contributed by atoms with E-state index < -0.39 is 16.1 Å². The van der Waals surface area contributed by atoms with Crippen LogP contribution in [0.4, 0.5) is 0 Å². The van der Waals surface area contributed by atoms with Crippen LogP contribution in [0, 0.1) is 16.7 Å². The fourth-order valence-corrected chi connectivity index (χ4v) is 2.94. The molecule has 23 heavy (non-hydrogen) atoms.